The van der Waals surface area contributed by atoms with Crippen LogP contribution in [-0.4, -0.2) is 53.0 Å². The van der Waals surface area contributed by atoms with E-state index in [1.54, 1.807) is 6.26 Å². The number of ether oxygens (including phenoxy) is 1. The fraction of sp³-hybridized carbons (Fsp3) is 0.667. The smallest absolute Gasteiger partial charge is 0.411 e. The molecule has 0 spiro atoms. The summed E-state index contributed by atoms with van der Waals surface area (Å²) in [5, 5.41) is 9.45. The van der Waals surface area contributed by atoms with Gasteiger partial charge in [0.25, 0.3) is 0 Å². The molecule has 0 saturated carbocycles. The highest BCUT2D eigenvalue weighted by molar-refractivity contribution is 7.99. The number of furan rings is 1. The highest BCUT2D eigenvalue weighted by Crippen LogP contribution is 2.27. The van der Waals surface area contributed by atoms with Crippen LogP contribution in [0.3, 0.4) is 0 Å². The van der Waals surface area contributed by atoms with E-state index >= 15 is 0 Å². The Morgan fingerprint density at radius 1 is 1.29 bits per heavy atom. The molecule has 0 N–H and O–H groups in total. The topological polar surface area (TPSA) is 56.3 Å². The number of anilines is 1. The maximum atomic E-state index is 12.1. The van der Waals surface area contributed by atoms with E-state index in [4.69, 9.17) is 4.42 Å². The lowest BCUT2D eigenvalue weighted by atomic mass is 10.00. The van der Waals surface area contributed by atoms with Crippen LogP contribution in [0.15, 0.2) is 28.0 Å². The number of hydrogen-bond acceptors (Lipinski definition) is 6. The van der Waals surface area contributed by atoms with E-state index in [1.807, 2.05) is 16.7 Å². The van der Waals surface area contributed by atoms with E-state index < -0.39 is 12.8 Å². The van der Waals surface area contributed by atoms with Crippen molar-refractivity contribution in [1.82, 2.24) is 14.8 Å². The molecule has 0 aromatic carbocycles. The van der Waals surface area contributed by atoms with Gasteiger partial charge in [-0.15, -0.1) is 10.2 Å². The number of alkyl halides is 3. The molecule has 3 rings (SSSR count). The van der Waals surface area contributed by atoms with Crippen molar-refractivity contribution in [2.45, 2.75) is 44.1 Å². The van der Waals surface area contributed by atoms with Gasteiger partial charge in [0.2, 0.25) is 5.95 Å². The zero-order valence-corrected chi connectivity index (χ0v) is 16.6. The van der Waals surface area contributed by atoms with E-state index in [0.29, 0.717) is 24.6 Å². The highest BCUT2D eigenvalue weighted by atomic mass is 32.2. The van der Waals surface area contributed by atoms with Gasteiger partial charge in [0.15, 0.2) is 5.16 Å². The van der Waals surface area contributed by atoms with Gasteiger partial charge in [0.1, 0.15) is 12.4 Å². The van der Waals surface area contributed by atoms with Crippen molar-refractivity contribution in [3.05, 3.63) is 24.2 Å². The summed E-state index contributed by atoms with van der Waals surface area (Å²) in [5.41, 5.74) is 0. The Labute approximate surface area is 166 Å². The Bertz CT molecular complexity index is 713. The monoisotopic (exact) mass is 418 g/mol. The Morgan fingerprint density at radius 3 is 2.75 bits per heavy atom. The van der Waals surface area contributed by atoms with Crippen LogP contribution in [0.25, 0.3) is 0 Å². The molecule has 1 fully saturated rings. The van der Waals surface area contributed by atoms with Crippen molar-refractivity contribution in [3.8, 4) is 0 Å². The minimum atomic E-state index is -4.28. The molecule has 0 aliphatic carbocycles. The third-order valence-electron chi connectivity index (χ3n) is 4.59. The Balaban J connectivity index is 1.60. The standard InChI is InChI=1S/C18H25F3N4O2S/c1-14-5-7-24(8-6-14)16-22-23-17(25(16)12-15-4-2-10-27-15)28-11-3-9-26-13-18(19,20)21/h2,4,10,14H,3,5-9,11-13H2,1H3. The highest BCUT2D eigenvalue weighted by Gasteiger charge is 2.27. The van der Waals surface area contributed by atoms with Gasteiger partial charge in [-0.2, -0.15) is 13.2 Å². The van der Waals surface area contributed by atoms with Gasteiger partial charge in [-0.3, -0.25) is 4.57 Å². The van der Waals surface area contributed by atoms with Gasteiger partial charge in [0, 0.05) is 25.4 Å². The summed E-state index contributed by atoms with van der Waals surface area (Å²) in [6, 6.07) is 3.74. The molecule has 10 heteroatoms. The van der Waals surface area contributed by atoms with Gasteiger partial charge in [-0.25, -0.2) is 0 Å². The van der Waals surface area contributed by atoms with E-state index in [-0.39, 0.29) is 6.61 Å². The third kappa shape index (κ3) is 6.16. The van der Waals surface area contributed by atoms with Crippen molar-refractivity contribution < 1.29 is 22.3 Å². The first-order chi connectivity index (χ1) is 13.4. The van der Waals surface area contributed by atoms with Gasteiger partial charge in [-0.1, -0.05) is 18.7 Å². The number of hydrogen-bond donors (Lipinski definition) is 0. The number of rotatable bonds is 9. The molecule has 0 atom stereocenters. The van der Waals surface area contributed by atoms with Crippen LogP contribution >= 0.6 is 11.8 Å². The summed E-state index contributed by atoms with van der Waals surface area (Å²) >= 11 is 1.47. The molecule has 2 aromatic rings. The maximum Gasteiger partial charge on any atom is 0.411 e. The van der Waals surface area contributed by atoms with Gasteiger partial charge >= 0.3 is 6.18 Å². The van der Waals surface area contributed by atoms with E-state index in [9.17, 15) is 13.2 Å². The summed E-state index contributed by atoms with van der Waals surface area (Å²) in [6.07, 6.45) is 0.0914. The lowest BCUT2D eigenvalue weighted by Gasteiger charge is -2.31. The second-order valence-corrected chi connectivity index (χ2v) is 8.05. The first kappa shape index (κ1) is 21.0. The molecule has 0 radical (unpaired) electrons. The Kier molecular flexibility index (Phi) is 7.28. The van der Waals surface area contributed by atoms with Crippen LogP contribution in [0.2, 0.25) is 0 Å². The van der Waals surface area contributed by atoms with Crippen LogP contribution in [0.1, 0.15) is 31.9 Å². The molecule has 0 amide bonds. The molecule has 0 unspecified atom stereocenters. The summed E-state index contributed by atoms with van der Waals surface area (Å²) in [5.74, 6) is 2.94. The van der Waals surface area contributed by atoms with Crippen LogP contribution in [0.5, 0.6) is 0 Å². The van der Waals surface area contributed by atoms with Crippen molar-refractivity contribution >= 4 is 17.7 Å². The third-order valence-corrected chi connectivity index (χ3v) is 5.64. The minimum absolute atomic E-state index is 0.0652. The summed E-state index contributed by atoms with van der Waals surface area (Å²) in [7, 11) is 0. The number of halogens is 3. The maximum absolute atomic E-state index is 12.1. The molecule has 1 aliphatic rings. The van der Waals surface area contributed by atoms with E-state index in [2.05, 4.69) is 26.8 Å². The summed E-state index contributed by atoms with van der Waals surface area (Å²) in [4.78, 5) is 2.24. The molecule has 156 valence electrons. The Hall–Kier alpha value is -1.68. The SMILES string of the molecule is CC1CCN(c2nnc(SCCCOCC(F)(F)F)n2Cc2ccco2)CC1. The summed E-state index contributed by atoms with van der Waals surface area (Å²) in [6.45, 7) is 3.52. The second kappa shape index (κ2) is 9.69. The van der Waals surface area contributed by atoms with Crippen molar-refractivity contribution in [2.24, 2.45) is 5.92 Å². The predicted octanol–water partition coefficient (Wildman–Crippen LogP) is 4.22. The van der Waals surface area contributed by atoms with Gasteiger partial charge in [-0.05, 0) is 37.3 Å². The van der Waals surface area contributed by atoms with E-state index in [0.717, 1.165) is 42.8 Å². The number of aromatic nitrogens is 3. The van der Waals surface area contributed by atoms with Crippen molar-refractivity contribution in [2.75, 3.05) is 37.0 Å². The minimum Gasteiger partial charge on any atom is -0.467 e. The normalized spacial score (nSPS) is 16.1. The quantitative estimate of drug-likeness (QED) is 0.449. The van der Waals surface area contributed by atoms with Crippen LogP contribution in [0, 0.1) is 5.92 Å². The molecular formula is C18H25F3N4O2S. The first-order valence-electron chi connectivity index (χ1n) is 9.40. The van der Waals surface area contributed by atoms with Crippen LogP contribution < -0.4 is 4.90 Å². The molecule has 1 aliphatic heterocycles. The molecular weight excluding hydrogens is 393 g/mol. The molecule has 3 heterocycles. The fourth-order valence-corrected chi connectivity index (χ4v) is 3.88. The molecule has 2 aromatic heterocycles. The van der Waals surface area contributed by atoms with Crippen molar-refractivity contribution in [1.29, 1.82) is 0 Å². The number of nitrogens with zero attached hydrogens (tertiary/aromatic N) is 4. The zero-order valence-electron chi connectivity index (χ0n) is 15.8. The van der Waals surface area contributed by atoms with Crippen molar-refractivity contribution in [3.63, 3.8) is 0 Å². The lowest BCUT2D eigenvalue weighted by molar-refractivity contribution is -0.173. The predicted molar refractivity (Wildman–Crippen MR) is 101 cm³/mol. The first-order valence-corrected chi connectivity index (χ1v) is 10.4. The largest absolute Gasteiger partial charge is 0.467 e. The molecule has 0 bridgehead atoms. The fourth-order valence-electron chi connectivity index (χ4n) is 3.04. The van der Waals surface area contributed by atoms with Gasteiger partial charge < -0.3 is 14.1 Å². The average Bonchev–Trinajstić information content (AvgIpc) is 3.29. The molecule has 6 nitrogen and oxygen atoms in total. The molecule has 28 heavy (non-hydrogen) atoms. The molecule has 1 saturated heterocycles. The Morgan fingerprint density at radius 2 is 2.07 bits per heavy atom. The number of piperidine rings is 1. The lowest BCUT2D eigenvalue weighted by Crippen LogP contribution is -2.35. The van der Waals surface area contributed by atoms with Crippen LogP contribution in [-0.2, 0) is 11.3 Å². The number of thioether (sulfide) groups is 1. The van der Waals surface area contributed by atoms with Gasteiger partial charge in [0.05, 0.1) is 12.8 Å². The average molecular weight is 418 g/mol. The zero-order chi connectivity index (χ0) is 20.0. The second-order valence-electron chi connectivity index (χ2n) is 6.99. The summed E-state index contributed by atoms with van der Waals surface area (Å²) < 4.78 is 48.5. The van der Waals surface area contributed by atoms with E-state index in [1.165, 1.54) is 11.8 Å². The van der Waals surface area contributed by atoms with Crippen LogP contribution in [0.4, 0.5) is 19.1 Å².